The first-order valence-electron chi connectivity index (χ1n) is 5.85. The molecule has 1 aromatic heterocycles. The van der Waals surface area contributed by atoms with Gasteiger partial charge >= 0.3 is 0 Å². The third-order valence-electron chi connectivity index (χ3n) is 2.76. The van der Waals surface area contributed by atoms with Crippen molar-refractivity contribution in [3.63, 3.8) is 0 Å². The van der Waals surface area contributed by atoms with Gasteiger partial charge in [0.25, 0.3) is 0 Å². The number of aromatic carboxylic acids is 1. The summed E-state index contributed by atoms with van der Waals surface area (Å²) in [6.45, 7) is 3.82. The van der Waals surface area contributed by atoms with Crippen molar-refractivity contribution in [2.75, 3.05) is 11.9 Å². The van der Waals surface area contributed by atoms with Crippen molar-refractivity contribution in [2.24, 2.45) is 0 Å². The Morgan fingerprint density at radius 1 is 1.11 bits per heavy atom. The topological polar surface area (TPSA) is 69.2 Å². The van der Waals surface area contributed by atoms with Crippen LogP contribution in [0.1, 0.15) is 21.7 Å². The van der Waals surface area contributed by atoms with Gasteiger partial charge < -0.3 is 14.8 Å². The molecule has 0 saturated carbocycles. The summed E-state index contributed by atoms with van der Waals surface area (Å²) in [5.41, 5.74) is 2.75. The van der Waals surface area contributed by atoms with Crippen LogP contribution in [-0.2, 0) is 0 Å². The van der Waals surface area contributed by atoms with Crippen LogP contribution in [-0.4, -0.2) is 23.0 Å². The molecule has 1 aromatic carbocycles. The summed E-state index contributed by atoms with van der Waals surface area (Å²) in [6.07, 6.45) is 0. The molecule has 0 aliphatic carbocycles. The SMILES string of the molecule is Cc1cc(C)nc(N(C)c2ccc(C(=O)[O-])cc2)n1. The minimum absolute atomic E-state index is 0.151. The highest BCUT2D eigenvalue weighted by Crippen LogP contribution is 2.20. The van der Waals surface area contributed by atoms with Gasteiger partial charge in [-0.3, -0.25) is 0 Å². The number of carboxylic acid groups (broad SMARTS) is 1. The first kappa shape index (κ1) is 13.0. The molecule has 0 spiro atoms. The molecule has 5 nitrogen and oxygen atoms in total. The zero-order valence-corrected chi connectivity index (χ0v) is 11.0. The van der Waals surface area contributed by atoms with Crippen LogP contribution in [0.3, 0.4) is 0 Å². The van der Waals surface area contributed by atoms with Crippen LogP contribution in [0.25, 0.3) is 0 Å². The summed E-state index contributed by atoms with van der Waals surface area (Å²) >= 11 is 0. The third kappa shape index (κ3) is 2.88. The van der Waals surface area contributed by atoms with Gasteiger partial charge in [0.15, 0.2) is 0 Å². The molecular weight excluding hydrogens is 242 g/mol. The lowest BCUT2D eigenvalue weighted by Gasteiger charge is -2.18. The minimum Gasteiger partial charge on any atom is -0.545 e. The Bertz CT molecular complexity index is 588. The number of aromatic nitrogens is 2. The Labute approximate surface area is 111 Å². The van der Waals surface area contributed by atoms with Gasteiger partial charge in [0.1, 0.15) is 0 Å². The normalized spacial score (nSPS) is 10.3. The number of aryl methyl sites for hydroxylation is 2. The van der Waals surface area contributed by atoms with Crippen molar-refractivity contribution in [1.29, 1.82) is 0 Å². The summed E-state index contributed by atoms with van der Waals surface area (Å²) < 4.78 is 0. The minimum atomic E-state index is -1.18. The van der Waals surface area contributed by atoms with Crippen molar-refractivity contribution < 1.29 is 9.90 Å². The number of benzene rings is 1. The summed E-state index contributed by atoms with van der Waals surface area (Å²) in [6, 6.07) is 8.31. The zero-order chi connectivity index (χ0) is 14.0. The predicted octanol–water partition coefficient (Wildman–Crippen LogP) is 1.22. The highest BCUT2D eigenvalue weighted by Gasteiger charge is 2.08. The molecule has 0 atom stereocenters. The lowest BCUT2D eigenvalue weighted by Crippen LogP contribution is -2.22. The number of carbonyl (C=O) groups excluding carboxylic acids is 1. The van der Waals surface area contributed by atoms with Gasteiger partial charge in [-0.25, -0.2) is 9.97 Å². The third-order valence-corrected chi connectivity index (χ3v) is 2.76. The van der Waals surface area contributed by atoms with Crippen molar-refractivity contribution in [3.05, 3.63) is 47.3 Å². The zero-order valence-electron chi connectivity index (χ0n) is 11.0. The van der Waals surface area contributed by atoms with E-state index in [2.05, 4.69) is 9.97 Å². The van der Waals surface area contributed by atoms with Crippen LogP contribution < -0.4 is 10.0 Å². The van der Waals surface area contributed by atoms with E-state index in [9.17, 15) is 9.90 Å². The lowest BCUT2D eigenvalue weighted by atomic mass is 10.2. The second-order valence-electron chi connectivity index (χ2n) is 4.34. The maximum Gasteiger partial charge on any atom is 0.230 e. The highest BCUT2D eigenvalue weighted by molar-refractivity contribution is 5.86. The van der Waals surface area contributed by atoms with E-state index in [-0.39, 0.29) is 5.56 Å². The largest absolute Gasteiger partial charge is 0.545 e. The van der Waals surface area contributed by atoms with Gasteiger partial charge in [-0.15, -0.1) is 0 Å². The molecule has 0 aliphatic heterocycles. The molecule has 1 heterocycles. The average Bonchev–Trinajstić information content (AvgIpc) is 2.37. The molecule has 0 fully saturated rings. The molecule has 2 rings (SSSR count). The van der Waals surface area contributed by atoms with Crippen molar-refractivity contribution >= 4 is 17.6 Å². The monoisotopic (exact) mass is 256 g/mol. The van der Waals surface area contributed by atoms with Crippen molar-refractivity contribution in [2.45, 2.75) is 13.8 Å². The van der Waals surface area contributed by atoms with Gasteiger partial charge in [0.2, 0.25) is 5.95 Å². The molecule has 98 valence electrons. The van der Waals surface area contributed by atoms with Gasteiger partial charge in [0, 0.05) is 24.1 Å². The number of carbonyl (C=O) groups is 1. The Balaban J connectivity index is 2.32. The van der Waals surface area contributed by atoms with E-state index in [1.807, 2.05) is 27.0 Å². The molecule has 5 heteroatoms. The maximum atomic E-state index is 10.7. The standard InChI is InChI=1S/C14H15N3O2/c1-9-8-10(2)16-14(15-9)17(3)12-6-4-11(5-7-12)13(18)19/h4-8H,1-3H3,(H,18,19)/p-1. The number of hydrogen-bond acceptors (Lipinski definition) is 5. The van der Waals surface area contributed by atoms with Gasteiger partial charge in [-0.1, -0.05) is 12.1 Å². The molecule has 0 bridgehead atoms. The Kier molecular flexibility index (Phi) is 3.46. The van der Waals surface area contributed by atoms with E-state index >= 15 is 0 Å². The predicted molar refractivity (Wildman–Crippen MR) is 70.3 cm³/mol. The number of carboxylic acids is 1. The fourth-order valence-corrected chi connectivity index (χ4v) is 1.79. The van der Waals surface area contributed by atoms with E-state index in [1.54, 1.807) is 17.0 Å². The van der Waals surface area contributed by atoms with Crippen LogP contribution in [0.2, 0.25) is 0 Å². The molecule has 2 aromatic rings. The average molecular weight is 256 g/mol. The molecule has 0 radical (unpaired) electrons. The smallest absolute Gasteiger partial charge is 0.230 e. The lowest BCUT2D eigenvalue weighted by molar-refractivity contribution is -0.255. The Morgan fingerprint density at radius 2 is 1.63 bits per heavy atom. The number of rotatable bonds is 3. The maximum absolute atomic E-state index is 10.7. The van der Waals surface area contributed by atoms with Crippen LogP contribution in [0.5, 0.6) is 0 Å². The summed E-state index contributed by atoms with van der Waals surface area (Å²) in [5, 5.41) is 10.7. The number of hydrogen-bond donors (Lipinski definition) is 0. The Morgan fingerprint density at radius 3 is 2.11 bits per heavy atom. The van der Waals surface area contributed by atoms with Crippen LogP contribution in [0, 0.1) is 13.8 Å². The van der Waals surface area contributed by atoms with Gasteiger partial charge in [-0.2, -0.15) is 0 Å². The van der Waals surface area contributed by atoms with E-state index in [4.69, 9.17) is 0 Å². The first-order chi connectivity index (χ1) is 8.97. The fourth-order valence-electron chi connectivity index (χ4n) is 1.79. The summed E-state index contributed by atoms with van der Waals surface area (Å²) in [4.78, 5) is 21.2. The van der Waals surface area contributed by atoms with Crippen molar-refractivity contribution in [3.8, 4) is 0 Å². The quantitative estimate of drug-likeness (QED) is 0.826. The number of anilines is 2. The van der Waals surface area contributed by atoms with Crippen LogP contribution in [0.4, 0.5) is 11.6 Å². The van der Waals surface area contributed by atoms with Crippen LogP contribution in [0.15, 0.2) is 30.3 Å². The van der Waals surface area contributed by atoms with E-state index < -0.39 is 5.97 Å². The van der Waals surface area contributed by atoms with E-state index in [0.29, 0.717) is 5.95 Å². The molecule has 0 aliphatic rings. The molecular formula is C14H14N3O2-. The Hall–Kier alpha value is -2.43. The summed E-state index contributed by atoms with van der Waals surface area (Å²) in [7, 11) is 1.84. The van der Waals surface area contributed by atoms with Gasteiger partial charge in [0.05, 0.1) is 5.97 Å². The number of nitrogens with zero attached hydrogens (tertiary/aromatic N) is 3. The molecule has 0 N–H and O–H groups in total. The molecule has 0 amide bonds. The second kappa shape index (κ2) is 5.06. The van der Waals surface area contributed by atoms with Crippen LogP contribution >= 0.6 is 0 Å². The van der Waals surface area contributed by atoms with Crippen molar-refractivity contribution in [1.82, 2.24) is 9.97 Å². The highest BCUT2D eigenvalue weighted by atomic mass is 16.4. The van der Waals surface area contributed by atoms with E-state index in [1.165, 1.54) is 12.1 Å². The first-order valence-corrected chi connectivity index (χ1v) is 5.85. The molecule has 0 saturated heterocycles. The molecule has 0 unspecified atom stereocenters. The fraction of sp³-hybridized carbons (Fsp3) is 0.214. The second-order valence-corrected chi connectivity index (χ2v) is 4.34. The van der Waals surface area contributed by atoms with E-state index in [0.717, 1.165) is 17.1 Å². The molecule has 19 heavy (non-hydrogen) atoms. The van der Waals surface area contributed by atoms with Gasteiger partial charge in [-0.05, 0) is 37.6 Å². The summed E-state index contributed by atoms with van der Waals surface area (Å²) in [5.74, 6) is -0.601.